The van der Waals surface area contributed by atoms with E-state index in [1.54, 1.807) is 0 Å². The summed E-state index contributed by atoms with van der Waals surface area (Å²) < 4.78 is 4.71. The lowest BCUT2D eigenvalue weighted by atomic mass is 10.2. The topological polar surface area (TPSA) is 49.6 Å². The monoisotopic (exact) mass is 291 g/mol. The minimum atomic E-state index is -0.0306. The number of amides is 1. The van der Waals surface area contributed by atoms with Gasteiger partial charge < -0.3 is 14.3 Å². The fourth-order valence-corrected chi connectivity index (χ4v) is 2.52. The molecule has 1 aliphatic rings. The second-order valence-corrected chi connectivity index (χ2v) is 5.11. The maximum absolute atomic E-state index is 12.1. The van der Waals surface area contributed by atoms with E-state index in [2.05, 4.69) is 10.1 Å². The van der Waals surface area contributed by atoms with Crippen LogP contribution in [0.1, 0.15) is 10.4 Å². The van der Waals surface area contributed by atoms with Crippen molar-refractivity contribution in [3.05, 3.63) is 47.3 Å². The van der Waals surface area contributed by atoms with Crippen molar-refractivity contribution in [2.75, 3.05) is 31.1 Å². The fraction of sp³-hybridized carbons (Fsp3) is 0.286. The number of nitrogens with zero attached hydrogens (tertiary/aromatic N) is 3. The highest BCUT2D eigenvalue weighted by atomic mass is 35.5. The molecule has 20 heavy (non-hydrogen) atoms. The molecule has 1 fully saturated rings. The van der Waals surface area contributed by atoms with Crippen LogP contribution >= 0.6 is 11.6 Å². The molecule has 0 aliphatic carbocycles. The lowest BCUT2D eigenvalue weighted by Crippen LogP contribution is -2.48. The van der Waals surface area contributed by atoms with Gasteiger partial charge in [0.1, 0.15) is 6.26 Å². The predicted octanol–water partition coefficient (Wildman–Crippen LogP) is 2.29. The van der Waals surface area contributed by atoms with E-state index in [4.69, 9.17) is 16.1 Å². The summed E-state index contributed by atoms with van der Waals surface area (Å²) >= 11 is 6.00. The van der Waals surface area contributed by atoms with Crippen LogP contribution in [0.4, 0.5) is 5.69 Å². The number of anilines is 1. The molecule has 0 N–H and O–H groups in total. The highest BCUT2D eigenvalue weighted by Crippen LogP contribution is 2.21. The number of hydrogen-bond acceptors (Lipinski definition) is 4. The molecular formula is C14H14ClN3O2. The van der Waals surface area contributed by atoms with Crippen molar-refractivity contribution in [2.45, 2.75) is 0 Å². The zero-order valence-electron chi connectivity index (χ0n) is 10.8. The number of carbonyl (C=O) groups excluding carboxylic acids is 1. The molecule has 0 bridgehead atoms. The summed E-state index contributed by atoms with van der Waals surface area (Å²) in [6.07, 6.45) is 2.83. The fourth-order valence-electron chi connectivity index (χ4n) is 2.33. The standard InChI is InChI=1S/C14H14ClN3O2/c15-12-2-1-3-13(8-12)17-4-6-18(7-5-17)14(19)11-9-16-20-10-11/h1-3,8-10H,4-7H2. The van der Waals surface area contributed by atoms with Gasteiger partial charge in [-0.05, 0) is 18.2 Å². The van der Waals surface area contributed by atoms with Gasteiger partial charge in [0.15, 0.2) is 0 Å². The number of halogens is 1. The Balaban J connectivity index is 1.64. The highest BCUT2D eigenvalue weighted by molar-refractivity contribution is 6.30. The molecule has 3 rings (SSSR count). The van der Waals surface area contributed by atoms with Crippen molar-refractivity contribution in [3.63, 3.8) is 0 Å². The first-order chi connectivity index (χ1) is 9.74. The van der Waals surface area contributed by atoms with Gasteiger partial charge in [0.25, 0.3) is 5.91 Å². The first kappa shape index (κ1) is 13.0. The molecule has 1 amide bonds. The first-order valence-corrected chi connectivity index (χ1v) is 6.81. The van der Waals surface area contributed by atoms with E-state index < -0.39 is 0 Å². The van der Waals surface area contributed by atoms with Crippen molar-refractivity contribution in [2.24, 2.45) is 0 Å². The van der Waals surface area contributed by atoms with Crippen LogP contribution in [0, 0.1) is 0 Å². The van der Waals surface area contributed by atoms with Crippen LogP contribution in [0.3, 0.4) is 0 Å². The molecule has 0 saturated carbocycles. The molecule has 104 valence electrons. The minimum Gasteiger partial charge on any atom is -0.368 e. The average Bonchev–Trinajstić information content (AvgIpc) is 3.01. The second kappa shape index (κ2) is 5.54. The van der Waals surface area contributed by atoms with Crippen molar-refractivity contribution in [3.8, 4) is 0 Å². The normalized spacial score (nSPS) is 15.4. The van der Waals surface area contributed by atoms with E-state index in [0.29, 0.717) is 18.7 Å². The largest absolute Gasteiger partial charge is 0.368 e. The van der Waals surface area contributed by atoms with Crippen molar-refractivity contribution in [1.29, 1.82) is 0 Å². The van der Waals surface area contributed by atoms with E-state index >= 15 is 0 Å². The quantitative estimate of drug-likeness (QED) is 0.852. The smallest absolute Gasteiger partial charge is 0.258 e. The summed E-state index contributed by atoms with van der Waals surface area (Å²) in [5, 5.41) is 4.29. The van der Waals surface area contributed by atoms with Gasteiger partial charge in [-0.2, -0.15) is 0 Å². The Kier molecular flexibility index (Phi) is 3.60. The lowest BCUT2D eigenvalue weighted by molar-refractivity contribution is 0.0746. The molecule has 6 heteroatoms. The van der Waals surface area contributed by atoms with Gasteiger partial charge in [-0.1, -0.05) is 22.8 Å². The number of aromatic nitrogens is 1. The molecule has 2 heterocycles. The third kappa shape index (κ3) is 2.63. The molecule has 1 saturated heterocycles. The summed E-state index contributed by atoms with van der Waals surface area (Å²) in [5.74, 6) is -0.0306. The Morgan fingerprint density at radius 2 is 2.05 bits per heavy atom. The molecular weight excluding hydrogens is 278 g/mol. The van der Waals surface area contributed by atoms with Gasteiger partial charge in [-0.3, -0.25) is 4.79 Å². The Hall–Kier alpha value is -2.01. The van der Waals surface area contributed by atoms with Crippen LogP contribution in [-0.2, 0) is 0 Å². The number of hydrogen-bond donors (Lipinski definition) is 0. The maximum Gasteiger partial charge on any atom is 0.258 e. The highest BCUT2D eigenvalue weighted by Gasteiger charge is 2.23. The van der Waals surface area contributed by atoms with Crippen molar-refractivity contribution in [1.82, 2.24) is 10.1 Å². The minimum absolute atomic E-state index is 0.0306. The Morgan fingerprint density at radius 3 is 2.70 bits per heavy atom. The zero-order valence-corrected chi connectivity index (χ0v) is 11.6. The van der Waals surface area contributed by atoms with Crippen LogP contribution in [0.5, 0.6) is 0 Å². The Morgan fingerprint density at radius 1 is 1.25 bits per heavy atom. The van der Waals surface area contributed by atoms with Gasteiger partial charge in [0, 0.05) is 36.9 Å². The third-order valence-electron chi connectivity index (χ3n) is 3.42. The lowest BCUT2D eigenvalue weighted by Gasteiger charge is -2.36. The molecule has 2 aromatic rings. The van der Waals surface area contributed by atoms with Crippen LogP contribution in [0.15, 0.2) is 41.2 Å². The number of rotatable bonds is 2. The third-order valence-corrected chi connectivity index (χ3v) is 3.65. The van der Waals surface area contributed by atoms with Crippen LogP contribution in [0.2, 0.25) is 5.02 Å². The summed E-state index contributed by atoms with van der Waals surface area (Å²) in [5.41, 5.74) is 1.59. The van der Waals surface area contributed by atoms with Gasteiger partial charge in [-0.15, -0.1) is 0 Å². The van der Waals surface area contributed by atoms with E-state index in [9.17, 15) is 4.79 Å². The summed E-state index contributed by atoms with van der Waals surface area (Å²) in [6, 6.07) is 7.77. The van der Waals surface area contributed by atoms with Crippen LogP contribution in [0.25, 0.3) is 0 Å². The van der Waals surface area contributed by atoms with Gasteiger partial charge in [-0.25, -0.2) is 0 Å². The molecule has 0 unspecified atom stereocenters. The molecule has 1 aromatic heterocycles. The second-order valence-electron chi connectivity index (χ2n) is 4.67. The van der Waals surface area contributed by atoms with Crippen molar-refractivity contribution >= 4 is 23.2 Å². The number of piperazine rings is 1. The molecule has 1 aliphatic heterocycles. The molecule has 0 atom stereocenters. The summed E-state index contributed by atoms with van der Waals surface area (Å²) in [7, 11) is 0. The predicted molar refractivity (Wildman–Crippen MR) is 76.1 cm³/mol. The Bertz CT molecular complexity index is 592. The Labute approximate surface area is 121 Å². The summed E-state index contributed by atoms with van der Waals surface area (Å²) in [6.45, 7) is 2.93. The van der Waals surface area contributed by atoms with Gasteiger partial charge >= 0.3 is 0 Å². The van der Waals surface area contributed by atoms with Gasteiger partial charge in [0.2, 0.25) is 0 Å². The first-order valence-electron chi connectivity index (χ1n) is 6.43. The van der Waals surface area contributed by atoms with Crippen LogP contribution in [-0.4, -0.2) is 42.1 Å². The van der Waals surface area contributed by atoms with Crippen LogP contribution < -0.4 is 4.90 Å². The van der Waals surface area contributed by atoms with Gasteiger partial charge in [0.05, 0.1) is 11.8 Å². The van der Waals surface area contributed by atoms with E-state index in [1.165, 1.54) is 12.5 Å². The van der Waals surface area contributed by atoms with Crippen molar-refractivity contribution < 1.29 is 9.32 Å². The molecule has 0 radical (unpaired) electrons. The van der Waals surface area contributed by atoms with E-state index in [1.807, 2.05) is 29.2 Å². The van der Waals surface area contributed by atoms with E-state index in [0.717, 1.165) is 23.8 Å². The molecule has 0 spiro atoms. The molecule has 1 aromatic carbocycles. The average molecular weight is 292 g/mol. The number of carbonyl (C=O) groups is 1. The number of benzene rings is 1. The van der Waals surface area contributed by atoms with E-state index in [-0.39, 0.29) is 5.91 Å². The maximum atomic E-state index is 12.1. The molecule has 5 nitrogen and oxygen atoms in total. The zero-order chi connectivity index (χ0) is 13.9. The summed E-state index contributed by atoms with van der Waals surface area (Å²) in [4.78, 5) is 16.2. The SMILES string of the molecule is O=C(c1cnoc1)N1CCN(c2cccc(Cl)c2)CC1.